The summed E-state index contributed by atoms with van der Waals surface area (Å²) >= 11 is 0. The number of hydrogen-bond acceptors (Lipinski definition) is 20. The average molecular weight is 759 g/mol. The van der Waals surface area contributed by atoms with Crippen molar-refractivity contribution in [3.63, 3.8) is 0 Å². The summed E-state index contributed by atoms with van der Waals surface area (Å²) in [6.07, 6.45) is -27.1. The van der Waals surface area contributed by atoms with Gasteiger partial charge in [-0.25, -0.2) is 0 Å². The van der Waals surface area contributed by atoms with E-state index in [9.17, 15) is 66.1 Å². The molecule has 0 radical (unpaired) electrons. The molecule has 17 atom stereocenters. The highest BCUT2D eigenvalue weighted by Crippen LogP contribution is 2.44. The number of Topliss-reactive ketones (excluding diaryl/α,β-unsaturated/α-hetero) is 1. The zero-order valence-corrected chi connectivity index (χ0v) is 27.8. The normalized spacial score (nSPS) is 41.7. The van der Waals surface area contributed by atoms with Crippen LogP contribution in [0.15, 0.2) is 36.4 Å². The van der Waals surface area contributed by atoms with E-state index in [1.54, 1.807) is 0 Å². The number of ether oxygens (including phenoxy) is 7. The molecule has 4 aliphatic heterocycles. The molecule has 6 rings (SSSR count). The van der Waals surface area contributed by atoms with Crippen LogP contribution < -0.4 is 9.47 Å². The topological polar surface area (TPSA) is 324 Å². The van der Waals surface area contributed by atoms with E-state index in [0.717, 1.165) is 12.1 Å². The number of aliphatic hydroxyl groups excluding tert-OH is 10. The van der Waals surface area contributed by atoms with Gasteiger partial charge in [0.15, 0.2) is 24.8 Å². The molecule has 53 heavy (non-hydrogen) atoms. The van der Waals surface area contributed by atoms with Gasteiger partial charge in [-0.15, -0.1) is 0 Å². The molecule has 294 valence electrons. The molecule has 17 unspecified atom stereocenters. The van der Waals surface area contributed by atoms with Crippen LogP contribution in [0.2, 0.25) is 0 Å². The highest BCUT2D eigenvalue weighted by atomic mass is 16.7. The van der Waals surface area contributed by atoms with Crippen molar-refractivity contribution < 1.29 is 99.2 Å². The number of hydrogen-bond donors (Lipinski definition) is 12. The van der Waals surface area contributed by atoms with Crippen molar-refractivity contribution in [3.8, 4) is 23.0 Å². The number of rotatable bonds is 9. The molecule has 0 amide bonds. The lowest BCUT2D eigenvalue weighted by Gasteiger charge is -2.44. The number of phenolic OH excluding ortho intramolecular Hbond substituents is 2. The van der Waals surface area contributed by atoms with Crippen LogP contribution in [-0.4, -0.2) is 178 Å². The van der Waals surface area contributed by atoms with E-state index in [4.69, 9.17) is 33.2 Å². The van der Waals surface area contributed by atoms with Gasteiger partial charge in [-0.1, -0.05) is 12.1 Å². The average Bonchev–Trinajstić information content (AvgIpc) is 3.13. The van der Waals surface area contributed by atoms with E-state index in [2.05, 4.69) is 0 Å². The van der Waals surface area contributed by atoms with Gasteiger partial charge in [0, 0.05) is 12.1 Å². The number of benzene rings is 2. The van der Waals surface area contributed by atoms with Crippen LogP contribution in [0.25, 0.3) is 0 Å². The van der Waals surface area contributed by atoms with Crippen molar-refractivity contribution in [2.75, 3.05) is 13.2 Å². The standard InChI is InChI=1S/C33H42O20/c1-10-19(37)23(41)26(44)31(48-10)47-9-17-21(39)25(43)28(46)33(52-17)53-30-22(40)18-14(36)6-12(35)7-15(18)50-29(30)11-2-4-13(5-3-11)49-32-27(45)24(42)20(38)16(8-34)51-32/h2-7,10,16-17,19-21,23-39,41-46H,8-9H2,1H3. The Hall–Kier alpha value is -3.29. The minimum atomic E-state index is -1.97. The smallest absolute Gasteiger partial charge is 0.229 e. The van der Waals surface area contributed by atoms with Gasteiger partial charge in [0.25, 0.3) is 0 Å². The Morgan fingerprint density at radius 1 is 0.679 bits per heavy atom. The van der Waals surface area contributed by atoms with E-state index >= 15 is 0 Å². The van der Waals surface area contributed by atoms with Gasteiger partial charge in [0.1, 0.15) is 95.7 Å². The first-order valence-corrected chi connectivity index (χ1v) is 16.6. The second-order valence-electron chi connectivity index (χ2n) is 13.2. The molecule has 0 aliphatic carbocycles. The molecular formula is C33H42O20. The van der Waals surface area contributed by atoms with Crippen molar-refractivity contribution in [1.82, 2.24) is 0 Å². The fourth-order valence-corrected chi connectivity index (χ4v) is 6.47. The van der Waals surface area contributed by atoms with Gasteiger partial charge in [0.2, 0.25) is 12.1 Å². The van der Waals surface area contributed by atoms with Crippen molar-refractivity contribution in [2.45, 2.75) is 111 Å². The monoisotopic (exact) mass is 758 g/mol. The summed E-state index contributed by atoms with van der Waals surface area (Å²) in [6, 6.07) is 7.47. The first kappa shape index (κ1) is 39.4. The number of carbonyl (C=O) groups excluding carboxylic acids is 1. The molecule has 0 spiro atoms. The summed E-state index contributed by atoms with van der Waals surface area (Å²) in [4.78, 5) is 13.9. The summed E-state index contributed by atoms with van der Waals surface area (Å²) in [5.74, 6) is -2.19. The molecule has 12 N–H and O–H groups in total. The predicted octanol–water partition coefficient (Wildman–Crippen LogP) is -4.37. The van der Waals surface area contributed by atoms with Crippen LogP contribution in [0.5, 0.6) is 23.0 Å². The molecule has 20 heteroatoms. The molecule has 0 saturated carbocycles. The van der Waals surface area contributed by atoms with Crippen LogP contribution in [0, 0.1) is 0 Å². The van der Waals surface area contributed by atoms with Gasteiger partial charge in [-0.05, 0) is 24.6 Å². The van der Waals surface area contributed by atoms with Crippen molar-refractivity contribution in [1.29, 1.82) is 0 Å². The maximum atomic E-state index is 13.9. The molecule has 4 heterocycles. The Labute approximate surface area is 300 Å². The third-order valence-corrected chi connectivity index (χ3v) is 9.59. The largest absolute Gasteiger partial charge is 0.508 e. The van der Waals surface area contributed by atoms with E-state index in [1.807, 2.05) is 0 Å². The number of carbonyl (C=O) groups is 1. The number of fused-ring (bicyclic) bond motifs is 1. The minimum Gasteiger partial charge on any atom is -0.508 e. The summed E-state index contributed by atoms with van der Waals surface area (Å²) in [6.45, 7) is 0.129. The van der Waals surface area contributed by atoms with Gasteiger partial charge in [-0.2, -0.15) is 0 Å². The summed E-state index contributed by atoms with van der Waals surface area (Å²) in [7, 11) is 0. The number of aromatic hydroxyl groups is 2. The quantitative estimate of drug-likeness (QED) is 0.115. The number of ketones is 1. The third kappa shape index (κ3) is 7.67. The Kier molecular flexibility index (Phi) is 11.8. The Morgan fingerprint density at radius 2 is 1.26 bits per heavy atom. The molecule has 3 saturated heterocycles. The zero-order chi connectivity index (χ0) is 38.5. The van der Waals surface area contributed by atoms with Gasteiger partial charge >= 0.3 is 0 Å². The van der Waals surface area contributed by atoms with Gasteiger partial charge < -0.3 is 94.4 Å². The third-order valence-electron chi connectivity index (χ3n) is 9.59. The Bertz CT molecular complexity index is 1570. The summed E-state index contributed by atoms with van der Waals surface area (Å²) in [5, 5.41) is 123. The molecule has 2 aromatic carbocycles. The minimum absolute atomic E-state index is 0.0582. The highest BCUT2D eigenvalue weighted by Gasteiger charge is 2.51. The fraction of sp³-hybridized carbons (Fsp3) is 0.606. The van der Waals surface area contributed by atoms with Crippen LogP contribution in [0.4, 0.5) is 0 Å². The molecule has 2 aromatic rings. The highest BCUT2D eigenvalue weighted by molar-refractivity contribution is 6.05. The van der Waals surface area contributed by atoms with E-state index < -0.39 is 140 Å². The molecule has 20 nitrogen and oxygen atoms in total. The van der Waals surface area contributed by atoms with Crippen LogP contribution in [0.3, 0.4) is 0 Å². The fourth-order valence-electron chi connectivity index (χ4n) is 6.47. The van der Waals surface area contributed by atoms with Crippen molar-refractivity contribution in [3.05, 3.63) is 47.5 Å². The van der Waals surface area contributed by atoms with E-state index in [0.29, 0.717) is 0 Å². The van der Waals surface area contributed by atoms with Crippen LogP contribution >= 0.6 is 0 Å². The number of phenols is 2. The Morgan fingerprint density at radius 3 is 1.92 bits per heavy atom. The van der Waals surface area contributed by atoms with Gasteiger partial charge in [-0.3, -0.25) is 4.79 Å². The Balaban J connectivity index is 1.23. The zero-order valence-electron chi connectivity index (χ0n) is 27.8. The maximum Gasteiger partial charge on any atom is 0.229 e. The summed E-state index contributed by atoms with van der Waals surface area (Å²) in [5.41, 5.74) is -0.183. The van der Waals surface area contributed by atoms with Crippen molar-refractivity contribution in [2.24, 2.45) is 0 Å². The lowest BCUT2D eigenvalue weighted by Crippen LogP contribution is -2.62. The molecule has 0 aromatic heterocycles. The second-order valence-corrected chi connectivity index (χ2v) is 13.2. The first-order chi connectivity index (χ1) is 25.1. The maximum absolute atomic E-state index is 13.9. The van der Waals surface area contributed by atoms with Crippen molar-refractivity contribution >= 4 is 5.78 Å². The number of aliphatic hydroxyl groups is 10. The SMILES string of the molecule is CC1OC(OCC2OC(OC3C(=O)c4c(O)cc(O)cc4OC3c3ccc(OC4OC(CO)C(O)C(O)C4O)cc3)C(O)C(O)C2O)C(O)C(O)C1O. The molecule has 0 bridgehead atoms. The molecule has 3 fully saturated rings. The molecule has 4 aliphatic rings. The van der Waals surface area contributed by atoms with Crippen LogP contribution in [0.1, 0.15) is 28.9 Å². The van der Waals surface area contributed by atoms with E-state index in [-0.39, 0.29) is 17.1 Å². The van der Waals surface area contributed by atoms with E-state index in [1.165, 1.54) is 31.2 Å². The van der Waals surface area contributed by atoms with Crippen LogP contribution in [-0.2, 0) is 23.7 Å². The predicted molar refractivity (Wildman–Crippen MR) is 168 cm³/mol. The van der Waals surface area contributed by atoms with Gasteiger partial charge in [0.05, 0.1) is 19.3 Å². The first-order valence-electron chi connectivity index (χ1n) is 16.6. The lowest BCUT2D eigenvalue weighted by atomic mass is 9.92. The second kappa shape index (κ2) is 15.8. The lowest BCUT2D eigenvalue weighted by molar-refractivity contribution is -0.333. The molecular weight excluding hydrogens is 716 g/mol. The summed E-state index contributed by atoms with van der Waals surface area (Å²) < 4.78 is 39.6.